The molecule has 0 fully saturated rings. The first kappa shape index (κ1) is 19.4. The number of rotatable bonds is 9. The summed E-state index contributed by atoms with van der Waals surface area (Å²) in [6.45, 7) is 3.81. The molecule has 0 aromatic carbocycles. The second-order valence-electron chi connectivity index (χ2n) is 4.80. The van der Waals surface area contributed by atoms with Crippen LogP contribution in [0.25, 0.3) is 0 Å². The number of pyridine rings is 1. The zero-order chi connectivity index (χ0) is 17.9. The summed E-state index contributed by atoms with van der Waals surface area (Å²) in [4.78, 5) is 39.7. The van der Waals surface area contributed by atoms with Crippen LogP contribution in [-0.2, 0) is 19.1 Å². The lowest BCUT2D eigenvalue weighted by molar-refractivity contribution is -0.146. The van der Waals surface area contributed by atoms with Gasteiger partial charge >= 0.3 is 11.9 Å². The Kier molecular flexibility index (Phi) is 8.24. The van der Waals surface area contributed by atoms with Crippen molar-refractivity contribution in [2.24, 2.45) is 0 Å². The number of amides is 1. The van der Waals surface area contributed by atoms with Crippen molar-refractivity contribution < 1.29 is 23.9 Å². The van der Waals surface area contributed by atoms with Gasteiger partial charge in [-0.2, -0.15) is 0 Å². The SMILES string of the molecule is CCOC(=O)CC[C@@H](NC(=O)c1ccc(NC)nc1)C(=O)OCC. The first-order chi connectivity index (χ1) is 11.5. The maximum Gasteiger partial charge on any atom is 0.328 e. The molecule has 1 atom stereocenters. The van der Waals surface area contributed by atoms with E-state index in [0.717, 1.165) is 0 Å². The number of nitrogens with one attached hydrogen (secondary N) is 2. The number of anilines is 1. The Hall–Kier alpha value is -2.64. The van der Waals surface area contributed by atoms with Gasteiger partial charge < -0.3 is 20.1 Å². The molecule has 0 saturated heterocycles. The van der Waals surface area contributed by atoms with E-state index in [1.54, 1.807) is 33.0 Å². The Morgan fingerprint density at radius 2 is 1.88 bits per heavy atom. The van der Waals surface area contributed by atoms with Gasteiger partial charge in [-0.25, -0.2) is 9.78 Å². The molecule has 8 nitrogen and oxygen atoms in total. The van der Waals surface area contributed by atoms with E-state index in [0.29, 0.717) is 11.4 Å². The molecule has 8 heteroatoms. The molecule has 1 rings (SSSR count). The molecular formula is C16H23N3O5. The van der Waals surface area contributed by atoms with E-state index < -0.39 is 23.9 Å². The van der Waals surface area contributed by atoms with Crippen molar-refractivity contribution in [3.63, 3.8) is 0 Å². The third-order valence-electron chi connectivity index (χ3n) is 3.10. The van der Waals surface area contributed by atoms with Crippen LogP contribution in [0, 0.1) is 0 Å². The molecule has 1 aromatic heterocycles. The molecule has 132 valence electrons. The number of aromatic nitrogens is 1. The summed E-state index contributed by atoms with van der Waals surface area (Å²) >= 11 is 0. The summed E-state index contributed by atoms with van der Waals surface area (Å²) in [6.07, 6.45) is 1.51. The molecule has 0 bridgehead atoms. The second-order valence-corrected chi connectivity index (χ2v) is 4.80. The maximum absolute atomic E-state index is 12.2. The van der Waals surface area contributed by atoms with Crippen molar-refractivity contribution in [1.82, 2.24) is 10.3 Å². The molecular weight excluding hydrogens is 314 g/mol. The Balaban J connectivity index is 2.72. The third kappa shape index (κ3) is 6.23. The average molecular weight is 337 g/mol. The molecule has 0 spiro atoms. The number of carbonyl (C=O) groups excluding carboxylic acids is 3. The van der Waals surface area contributed by atoms with Crippen molar-refractivity contribution in [3.8, 4) is 0 Å². The molecule has 24 heavy (non-hydrogen) atoms. The monoisotopic (exact) mass is 337 g/mol. The fraction of sp³-hybridized carbons (Fsp3) is 0.500. The molecule has 1 amide bonds. The van der Waals surface area contributed by atoms with Crippen LogP contribution in [0.3, 0.4) is 0 Å². The summed E-state index contributed by atoms with van der Waals surface area (Å²) in [6, 6.07) is 2.31. The maximum atomic E-state index is 12.2. The minimum atomic E-state index is -0.925. The van der Waals surface area contributed by atoms with Crippen molar-refractivity contribution in [2.45, 2.75) is 32.7 Å². The van der Waals surface area contributed by atoms with E-state index in [9.17, 15) is 14.4 Å². The summed E-state index contributed by atoms with van der Waals surface area (Å²) in [5.41, 5.74) is 0.305. The number of nitrogens with zero attached hydrogens (tertiary/aromatic N) is 1. The summed E-state index contributed by atoms with van der Waals surface area (Å²) in [7, 11) is 1.72. The molecule has 1 aromatic rings. The Labute approximate surface area is 140 Å². The minimum Gasteiger partial charge on any atom is -0.466 e. The largest absolute Gasteiger partial charge is 0.466 e. The predicted octanol–water partition coefficient (Wildman–Crippen LogP) is 1.13. The van der Waals surface area contributed by atoms with Gasteiger partial charge in [0.1, 0.15) is 11.9 Å². The van der Waals surface area contributed by atoms with Crippen LogP contribution in [-0.4, -0.2) is 49.1 Å². The molecule has 0 aliphatic rings. The van der Waals surface area contributed by atoms with Gasteiger partial charge in [-0.05, 0) is 32.4 Å². The molecule has 0 saturated carbocycles. The highest BCUT2D eigenvalue weighted by molar-refractivity contribution is 5.96. The predicted molar refractivity (Wildman–Crippen MR) is 87.5 cm³/mol. The number of esters is 2. The molecule has 0 aliphatic carbocycles. The van der Waals surface area contributed by atoms with Crippen LogP contribution < -0.4 is 10.6 Å². The van der Waals surface area contributed by atoms with Crippen LogP contribution in [0.1, 0.15) is 37.0 Å². The van der Waals surface area contributed by atoms with Crippen molar-refractivity contribution in [1.29, 1.82) is 0 Å². The Morgan fingerprint density at radius 3 is 2.42 bits per heavy atom. The third-order valence-corrected chi connectivity index (χ3v) is 3.10. The van der Waals surface area contributed by atoms with E-state index in [4.69, 9.17) is 9.47 Å². The van der Waals surface area contributed by atoms with Crippen LogP contribution in [0.15, 0.2) is 18.3 Å². The molecule has 0 unspecified atom stereocenters. The zero-order valence-corrected chi connectivity index (χ0v) is 14.1. The van der Waals surface area contributed by atoms with Gasteiger partial charge in [0.15, 0.2) is 0 Å². The van der Waals surface area contributed by atoms with E-state index >= 15 is 0 Å². The van der Waals surface area contributed by atoms with Crippen LogP contribution in [0.4, 0.5) is 5.82 Å². The minimum absolute atomic E-state index is 0.00848. The van der Waals surface area contributed by atoms with Crippen molar-refractivity contribution in [3.05, 3.63) is 23.9 Å². The van der Waals surface area contributed by atoms with Gasteiger partial charge in [-0.1, -0.05) is 0 Å². The summed E-state index contributed by atoms with van der Waals surface area (Å²) in [5.74, 6) is -0.862. The lowest BCUT2D eigenvalue weighted by Gasteiger charge is -2.17. The fourth-order valence-corrected chi connectivity index (χ4v) is 1.90. The van der Waals surface area contributed by atoms with E-state index in [1.807, 2.05) is 0 Å². The van der Waals surface area contributed by atoms with Crippen LogP contribution >= 0.6 is 0 Å². The van der Waals surface area contributed by atoms with Crippen molar-refractivity contribution >= 4 is 23.7 Å². The number of hydrogen-bond donors (Lipinski definition) is 2. The van der Waals surface area contributed by atoms with E-state index in [-0.39, 0.29) is 26.1 Å². The first-order valence-electron chi connectivity index (χ1n) is 7.78. The highest BCUT2D eigenvalue weighted by atomic mass is 16.5. The summed E-state index contributed by atoms with van der Waals surface area (Å²) in [5, 5.41) is 5.42. The molecule has 2 N–H and O–H groups in total. The Bertz CT molecular complexity index is 559. The van der Waals surface area contributed by atoms with Crippen LogP contribution in [0.5, 0.6) is 0 Å². The van der Waals surface area contributed by atoms with Crippen molar-refractivity contribution in [2.75, 3.05) is 25.6 Å². The first-order valence-corrected chi connectivity index (χ1v) is 7.78. The van der Waals surface area contributed by atoms with Gasteiger partial charge in [-0.15, -0.1) is 0 Å². The summed E-state index contributed by atoms with van der Waals surface area (Å²) < 4.78 is 9.76. The quantitative estimate of drug-likeness (QED) is 0.650. The lowest BCUT2D eigenvalue weighted by atomic mass is 10.1. The van der Waals surface area contributed by atoms with Gasteiger partial charge in [0.2, 0.25) is 0 Å². The van der Waals surface area contributed by atoms with Gasteiger partial charge in [0, 0.05) is 19.7 Å². The zero-order valence-electron chi connectivity index (χ0n) is 14.1. The molecule has 1 heterocycles. The average Bonchev–Trinajstić information content (AvgIpc) is 2.58. The normalized spacial score (nSPS) is 11.3. The molecule has 0 aliphatic heterocycles. The highest BCUT2D eigenvalue weighted by Crippen LogP contribution is 2.07. The standard InChI is InChI=1S/C16H23N3O5/c1-4-23-14(20)9-7-12(16(22)24-5-2)19-15(21)11-6-8-13(17-3)18-10-11/h6,8,10,12H,4-5,7,9H2,1-3H3,(H,17,18)(H,19,21)/t12-/m1/s1. The lowest BCUT2D eigenvalue weighted by Crippen LogP contribution is -2.42. The van der Waals surface area contributed by atoms with Gasteiger partial charge in [0.05, 0.1) is 18.8 Å². The second kappa shape index (κ2) is 10.2. The number of carbonyl (C=O) groups is 3. The Morgan fingerprint density at radius 1 is 1.17 bits per heavy atom. The highest BCUT2D eigenvalue weighted by Gasteiger charge is 2.24. The fourth-order valence-electron chi connectivity index (χ4n) is 1.90. The number of hydrogen-bond acceptors (Lipinski definition) is 7. The van der Waals surface area contributed by atoms with E-state index in [1.165, 1.54) is 6.20 Å². The smallest absolute Gasteiger partial charge is 0.328 e. The van der Waals surface area contributed by atoms with Gasteiger partial charge in [0.25, 0.3) is 5.91 Å². The van der Waals surface area contributed by atoms with E-state index in [2.05, 4.69) is 15.6 Å². The topological polar surface area (TPSA) is 107 Å². The molecule has 0 radical (unpaired) electrons. The van der Waals surface area contributed by atoms with Crippen LogP contribution in [0.2, 0.25) is 0 Å². The number of ether oxygens (including phenoxy) is 2. The van der Waals surface area contributed by atoms with Gasteiger partial charge in [-0.3, -0.25) is 9.59 Å².